The van der Waals surface area contributed by atoms with Gasteiger partial charge in [0.05, 0.1) is 0 Å². The van der Waals surface area contributed by atoms with Crippen molar-refractivity contribution >= 4 is 5.97 Å². The molecule has 0 amide bonds. The maximum Gasteiger partial charge on any atom is 0.303 e. The number of hydrogen-bond donors (Lipinski definition) is 1. The summed E-state index contributed by atoms with van der Waals surface area (Å²) in [6.07, 6.45) is 29.7. The Balaban J connectivity index is 0.000000972. The van der Waals surface area contributed by atoms with Crippen LogP contribution < -0.4 is 0 Å². The van der Waals surface area contributed by atoms with Crippen LogP contribution >= 0.6 is 0 Å². The molecule has 0 fully saturated rings. The van der Waals surface area contributed by atoms with Gasteiger partial charge in [-0.15, -0.1) is 0 Å². The first kappa shape index (κ1) is 23.9. The van der Waals surface area contributed by atoms with Crippen LogP contribution in [-0.4, -0.2) is 11.1 Å². The number of carbonyl (C=O) groups is 1. The average molecular weight is 351 g/mol. The standard InChI is InChI=1S/C18H36O2.C5H6/c1-2-3-4-5-6-7-8-9-10-11-12-13-14-15-16-17-18(19)20;1-2-4-5-3-1/h2-17H2,1H3,(H,19,20);1-4H,5H2. The lowest BCUT2D eigenvalue weighted by Crippen LogP contribution is -1.93. The number of hydrogen-bond acceptors (Lipinski definition) is 1. The van der Waals surface area contributed by atoms with Crippen molar-refractivity contribution < 1.29 is 9.90 Å². The molecular formula is C23H42O2. The Morgan fingerprint density at radius 2 is 1.04 bits per heavy atom. The topological polar surface area (TPSA) is 37.3 Å². The second-order valence-electron chi connectivity index (χ2n) is 7.19. The summed E-state index contributed by atoms with van der Waals surface area (Å²) in [5.74, 6) is -0.653. The molecule has 1 rings (SSSR count). The number of allylic oxidation sites excluding steroid dienone is 4. The highest BCUT2D eigenvalue weighted by Gasteiger charge is 1.97. The number of aliphatic carboxylic acids is 1. The van der Waals surface area contributed by atoms with E-state index in [1.54, 1.807) is 0 Å². The molecule has 146 valence electrons. The van der Waals surface area contributed by atoms with Crippen molar-refractivity contribution in [3.05, 3.63) is 24.3 Å². The zero-order chi connectivity index (χ0) is 18.4. The van der Waals surface area contributed by atoms with Crippen LogP contribution in [0.3, 0.4) is 0 Å². The summed E-state index contributed by atoms with van der Waals surface area (Å²) in [7, 11) is 0. The maximum absolute atomic E-state index is 10.3. The van der Waals surface area contributed by atoms with Crippen LogP contribution in [0.2, 0.25) is 0 Å². The SMILES string of the molecule is C1=CCC=C1.CCCCCCCCCCCCCCCCCC(=O)O. The van der Waals surface area contributed by atoms with Gasteiger partial charge in [-0.05, 0) is 12.8 Å². The molecule has 0 heterocycles. The van der Waals surface area contributed by atoms with Crippen molar-refractivity contribution in [2.45, 2.75) is 116 Å². The third-order valence-corrected chi connectivity index (χ3v) is 4.65. The van der Waals surface area contributed by atoms with Crippen molar-refractivity contribution in [1.29, 1.82) is 0 Å². The molecule has 0 unspecified atom stereocenters. The Morgan fingerprint density at radius 1 is 0.680 bits per heavy atom. The van der Waals surface area contributed by atoms with E-state index in [9.17, 15) is 4.79 Å². The van der Waals surface area contributed by atoms with Gasteiger partial charge < -0.3 is 5.11 Å². The molecule has 0 aliphatic heterocycles. The number of carboxylic acids is 1. The van der Waals surface area contributed by atoms with Crippen molar-refractivity contribution in [2.24, 2.45) is 0 Å². The van der Waals surface area contributed by atoms with E-state index in [-0.39, 0.29) is 0 Å². The zero-order valence-electron chi connectivity index (χ0n) is 16.7. The van der Waals surface area contributed by atoms with Crippen LogP contribution in [0.4, 0.5) is 0 Å². The molecule has 0 saturated carbocycles. The van der Waals surface area contributed by atoms with Gasteiger partial charge in [-0.2, -0.15) is 0 Å². The van der Waals surface area contributed by atoms with Gasteiger partial charge in [0.25, 0.3) is 0 Å². The first-order chi connectivity index (χ1) is 12.3. The van der Waals surface area contributed by atoms with Crippen LogP contribution in [0.25, 0.3) is 0 Å². The van der Waals surface area contributed by atoms with Gasteiger partial charge >= 0.3 is 5.97 Å². The summed E-state index contributed by atoms with van der Waals surface area (Å²) in [4.78, 5) is 10.3. The quantitative estimate of drug-likeness (QED) is 0.288. The van der Waals surface area contributed by atoms with E-state index in [2.05, 4.69) is 31.2 Å². The molecular weight excluding hydrogens is 308 g/mol. The Hall–Kier alpha value is -1.05. The summed E-state index contributed by atoms with van der Waals surface area (Å²) in [5, 5.41) is 8.52. The van der Waals surface area contributed by atoms with Gasteiger partial charge in [-0.25, -0.2) is 0 Å². The number of rotatable bonds is 16. The number of carboxylic acid groups (broad SMARTS) is 1. The predicted molar refractivity (Wildman–Crippen MR) is 110 cm³/mol. The first-order valence-corrected chi connectivity index (χ1v) is 10.8. The van der Waals surface area contributed by atoms with E-state index >= 15 is 0 Å². The molecule has 0 bridgehead atoms. The lowest BCUT2D eigenvalue weighted by atomic mass is 10.0. The third-order valence-electron chi connectivity index (χ3n) is 4.65. The summed E-state index contributed by atoms with van der Waals surface area (Å²) in [6, 6.07) is 0. The Kier molecular flexibility index (Phi) is 20.1. The van der Waals surface area contributed by atoms with Gasteiger partial charge in [-0.3, -0.25) is 4.79 Å². The molecule has 0 saturated heterocycles. The normalized spacial score (nSPS) is 12.2. The molecule has 0 radical (unpaired) electrons. The minimum atomic E-state index is -0.653. The second kappa shape index (κ2) is 21.0. The Bertz CT molecular complexity index is 321. The lowest BCUT2D eigenvalue weighted by Gasteiger charge is -2.03. The number of unbranched alkanes of at least 4 members (excludes halogenated alkanes) is 14. The summed E-state index contributed by atoms with van der Waals surface area (Å²) < 4.78 is 0. The van der Waals surface area contributed by atoms with E-state index in [1.165, 1.54) is 83.5 Å². The third kappa shape index (κ3) is 22.9. The molecule has 0 aromatic carbocycles. The van der Waals surface area contributed by atoms with Gasteiger partial charge in [0.2, 0.25) is 0 Å². The van der Waals surface area contributed by atoms with Gasteiger partial charge in [0.15, 0.2) is 0 Å². The Morgan fingerprint density at radius 3 is 1.32 bits per heavy atom. The summed E-state index contributed by atoms with van der Waals surface area (Å²) in [5.41, 5.74) is 0. The maximum atomic E-state index is 10.3. The van der Waals surface area contributed by atoms with Crippen LogP contribution in [0.1, 0.15) is 116 Å². The fraction of sp³-hybridized carbons (Fsp3) is 0.783. The average Bonchev–Trinajstić information content (AvgIpc) is 3.18. The Labute approximate surface area is 156 Å². The molecule has 1 aliphatic rings. The predicted octanol–water partition coefficient (Wildman–Crippen LogP) is 7.84. The molecule has 1 aliphatic carbocycles. The van der Waals surface area contributed by atoms with Crippen molar-refractivity contribution in [3.63, 3.8) is 0 Å². The van der Waals surface area contributed by atoms with E-state index < -0.39 is 5.97 Å². The zero-order valence-corrected chi connectivity index (χ0v) is 16.7. The first-order valence-electron chi connectivity index (χ1n) is 10.8. The minimum absolute atomic E-state index is 0.345. The van der Waals surface area contributed by atoms with Gasteiger partial charge in [0, 0.05) is 6.42 Å². The van der Waals surface area contributed by atoms with Crippen LogP contribution in [0, 0.1) is 0 Å². The fourth-order valence-corrected chi connectivity index (χ4v) is 3.04. The molecule has 1 N–H and O–H groups in total. The van der Waals surface area contributed by atoms with E-state index in [4.69, 9.17) is 5.11 Å². The molecule has 0 aromatic heterocycles. The second-order valence-corrected chi connectivity index (χ2v) is 7.19. The molecule has 0 aromatic rings. The van der Waals surface area contributed by atoms with Gasteiger partial charge in [0.1, 0.15) is 0 Å². The van der Waals surface area contributed by atoms with Crippen LogP contribution in [-0.2, 0) is 4.79 Å². The molecule has 25 heavy (non-hydrogen) atoms. The van der Waals surface area contributed by atoms with Crippen LogP contribution in [0.5, 0.6) is 0 Å². The molecule has 2 heteroatoms. The summed E-state index contributed by atoms with van der Waals surface area (Å²) in [6.45, 7) is 2.27. The fourth-order valence-electron chi connectivity index (χ4n) is 3.04. The molecule has 0 atom stereocenters. The van der Waals surface area contributed by atoms with E-state index in [0.717, 1.165) is 19.3 Å². The summed E-state index contributed by atoms with van der Waals surface area (Å²) >= 11 is 0. The monoisotopic (exact) mass is 350 g/mol. The minimum Gasteiger partial charge on any atom is -0.481 e. The van der Waals surface area contributed by atoms with Crippen LogP contribution in [0.15, 0.2) is 24.3 Å². The van der Waals surface area contributed by atoms with Crippen molar-refractivity contribution in [3.8, 4) is 0 Å². The smallest absolute Gasteiger partial charge is 0.303 e. The lowest BCUT2D eigenvalue weighted by molar-refractivity contribution is -0.137. The highest BCUT2D eigenvalue weighted by molar-refractivity contribution is 5.66. The van der Waals surface area contributed by atoms with Gasteiger partial charge in [-0.1, -0.05) is 121 Å². The largest absolute Gasteiger partial charge is 0.481 e. The van der Waals surface area contributed by atoms with Crippen molar-refractivity contribution in [2.75, 3.05) is 0 Å². The highest BCUT2D eigenvalue weighted by atomic mass is 16.4. The highest BCUT2D eigenvalue weighted by Crippen LogP contribution is 2.13. The molecule has 2 nitrogen and oxygen atoms in total. The van der Waals surface area contributed by atoms with E-state index in [1.807, 2.05) is 0 Å². The van der Waals surface area contributed by atoms with Crippen molar-refractivity contribution in [1.82, 2.24) is 0 Å². The van der Waals surface area contributed by atoms with E-state index in [0.29, 0.717) is 6.42 Å². The molecule has 0 spiro atoms.